The van der Waals surface area contributed by atoms with Gasteiger partial charge in [-0.1, -0.05) is 44.2 Å². The second kappa shape index (κ2) is 6.89. The molecule has 1 atom stereocenters. The number of benzene rings is 1. The van der Waals surface area contributed by atoms with E-state index in [1.807, 2.05) is 50.2 Å². The third kappa shape index (κ3) is 4.29. The summed E-state index contributed by atoms with van der Waals surface area (Å²) in [5.74, 6) is 0.0564. The third-order valence-electron chi connectivity index (χ3n) is 3.67. The molecule has 1 aromatic carbocycles. The molecule has 2 aromatic rings. The molecule has 2 amide bonds. The number of carbonyl (C=O) groups is 1. The highest BCUT2D eigenvalue weighted by atomic mass is 32.1. The van der Waals surface area contributed by atoms with E-state index in [9.17, 15) is 9.90 Å². The lowest BCUT2D eigenvalue weighted by Gasteiger charge is -2.27. The molecule has 0 aliphatic heterocycles. The number of rotatable bonds is 5. The van der Waals surface area contributed by atoms with Gasteiger partial charge in [-0.2, -0.15) is 4.37 Å². The summed E-state index contributed by atoms with van der Waals surface area (Å²) in [6.45, 7) is 5.73. The number of hydrogen-bond acceptors (Lipinski definition) is 4. The maximum Gasteiger partial charge on any atom is 0.319 e. The smallest absolute Gasteiger partial charge is 0.319 e. The van der Waals surface area contributed by atoms with Crippen LogP contribution in [-0.2, 0) is 0 Å². The van der Waals surface area contributed by atoms with E-state index in [0.29, 0.717) is 5.00 Å². The van der Waals surface area contributed by atoms with E-state index >= 15 is 0 Å². The van der Waals surface area contributed by atoms with Gasteiger partial charge in [0.05, 0.1) is 11.3 Å². The van der Waals surface area contributed by atoms with Crippen LogP contribution in [0.5, 0.6) is 0 Å². The average molecular weight is 319 g/mol. The molecule has 2 rings (SSSR count). The van der Waals surface area contributed by atoms with Gasteiger partial charge in [0.1, 0.15) is 5.00 Å². The molecule has 0 aliphatic carbocycles. The summed E-state index contributed by atoms with van der Waals surface area (Å²) in [7, 11) is 0. The number of amides is 2. The minimum Gasteiger partial charge on any atom is -0.388 e. The zero-order valence-electron chi connectivity index (χ0n) is 13.0. The van der Waals surface area contributed by atoms with Crippen LogP contribution < -0.4 is 10.6 Å². The number of carbonyl (C=O) groups excluding carboxylic acids is 1. The summed E-state index contributed by atoms with van der Waals surface area (Å²) in [4.78, 5) is 11.9. The highest BCUT2D eigenvalue weighted by molar-refractivity contribution is 7.10. The second-order valence-corrected chi connectivity index (χ2v) is 6.57. The van der Waals surface area contributed by atoms with E-state index in [1.54, 1.807) is 6.92 Å². The van der Waals surface area contributed by atoms with Gasteiger partial charge in [-0.3, -0.25) is 5.32 Å². The van der Waals surface area contributed by atoms with E-state index in [2.05, 4.69) is 15.0 Å². The Morgan fingerprint density at radius 1 is 1.36 bits per heavy atom. The molecule has 0 saturated carbocycles. The van der Waals surface area contributed by atoms with Crippen LogP contribution in [0, 0.1) is 5.92 Å². The molecule has 118 valence electrons. The predicted octanol–water partition coefficient (Wildman–Crippen LogP) is 3.34. The predicted molar refractivity (Wildman–Crippen MR) is 90.0 cm³/mol. The molecule has 6 heteroatoms. The fourth-order valence-electron chi connectivity index (χ4n) is 1.70. The summed E-state index contributed by atoms with van der Waals surface area (Å²) < 4.78 is 4.33. The van der Waals surface area contributed by atoms with Crippen molar-refractivity contribution in [2.45, 2.75) is 26.4 Å². The van der Waals surface area contributed by atoms with E-state index in [1.165, 1.54) is 11.5 Å². The van der Waals surface area contributed by atoms with Gasteiger partial charge < -0.3 is 10.4 Å². The van der Waals surface area contributed by atoms with E-state index < -0.39 is 5.60 Å². The molecule has 0 spiro atoms. The van der Waals surface area contributed by atoms with Crippen molar-refractivity contribution in [3.05, 3.63) is 36.4 Å². The topological polar surface area (TPSA) is 74.2 Å². The van der Waals surface area contributed by atoms with Crippen LogP contribution in [0.15, 0.2) is 36.4 Å². The lowest BCUT2D eigenvalue weighted by Crippen LogP contribution is -2.45. The van der Waals surface area contributed by atoms with Gasteiger partial charge in [-0.25, -0.2) is 4.79 Å². The van der Waals surface area contributed by atoms with Crippen molar-refractivity contribution in [2.24, 2.45) is 5.92 Å². The molecule has 0 aliphatic rings. The quantitative estimate of drug-likeness (QED) is 0.791. The molecule has 22 heavy (non-hydrogen) atoms. The molecule has 1 heterocycles. The number of anilines is 1. The minimum absolute atomic E-state index is 0.0564. The van der Waals surface area contributed by atoms with Crippen LogP contribution in [0.2, 0.25) is 0 Å². The molecule has 1 unspecified atom stereocenters. The van der Waals surface area contributed by atoms with E-state index in [4.69, 9.17) is 0 Å². The first kappa shape index (κ1) is 16.5. The summed E-state index contributed by atoms with van der Waals surface area (Å²) in [5.41, 5.74) is 0.908. The molecule has 0 bridgehead atoms. The SMILES string of the molecule is CC(C)C(C)(O)CNC(=O)Nc1cc(-c2ccccc2)ns1. The molecular weight excluding hydrogens is 298 g/mol. The summed E-state index contributed by atoms with van der Waals surface area (Å²) in [5, 5.41) is 16.2. The Balaban J connectivity index is 1.92. The fourth-order valence-corrected chi connectivity index (χ4v) is 2.36. The Bertz CT molecular complexity index is 623. The maximum atomic E-state index is 11.9. The molecular formula is C16H21N3O2S. The molecule has 1 aromatic heterocycles. The number of aromatic nitrogens is 1. The molecule has 3 N–H and O–H groups in total. The largest absolute Gasteiger partial charge is 0.388 e. The summed E-state index contributed by atoms with van der Waals surface area (Å²) in [6.07, 6.45) is 0. The number of urea groups is 1. The normalized spacial score (nSPS) is 13.7. The first-order chi connectivity index (χ1) is 10.4. The fraction of sp³-hybridized carbons (Fsp3) is 0.375. The van der Waals surface area contributed by atoms with Gasteiger partial charge in [0.2, 0.25) is 0 Å². The van der Waals surface area contributed by atoms with Gasteiger partial charge in [-0.05, 0) is 24.4 Å². The Hall–Kier alpha value is -1.92. The molecule has 0 saturated heterocycles. The van der Waals surface area contributed by atoms with Crippen molar-refractivity contribution in [3.8, 4) is 11.3 Å². The average Bonchev–Trinajstić information content (AvgIpc) is 2.94. The summed E-state index contributed by atoms with van der Waals surface area (Å²) >= 11 is 1.23. The minimum atomic E-state index is -0.930. The number of nitrogens with one attached hydrogen (secondary N) is 2. The van der Waals surface area contributed by atoms with Gasteiger partial charge in [0.15, 0.2) is 0 Å². The van der Waals surface area contributed by atoms with Crippen LogP contribution in [0.1, 0.15) is 20.8 Å². The van der Waals surface area contributed by atoms with E-state index in [0.717, 1.165) is 11.3 Å². The van der Waals surface area contributed by atoms with Gasteiger partial charge in [0.25, 0.3) is 0 Å². The monoisotopic (exact) mass is 319 g/mol. The molecule has 5 nitrogen and oxygen atoms in total. The number of hydrogen-bond donors (Lipinski definition) is 3. The van der Waals surface area contributed by atoms with Crippen LogP contribution in [0.3, 0.4) is 0 Å². The Morgan fingerprint density at radius 2 is 2.05 bits per heavy atom. The van der Waals surface area contributed by atoms with Crippen molar-refractivity contribution in [3.63, 3.8) is 0 Å². The van der Waals surface area contributed by atoms with Gasteiger partial charge in [0, 0.05) is 18.2 Å². The van der Waals surface area contributed by atoms with Gasteiger partial charge in [-0.15, -0.1) is 0 Å². The van der Waals surface area contributed by atoms with E-state index in [-0.39, 0.29) is 18.5 Å². The zero-order chi connectivity index (χ0) is 16.2. The van der Waals surface area contributed by atoms with Crippen LogP contribution in [0.4, 0.5) is 9.80 Å². The van der Waals surface area contributed by atoms with Crippen LogP contribution in [-0.4, -0.2) is 27.7 Å². The van der Waals surface area contributed by atoms with Crippen LogP contribution in [0.25, 0.3) is 11.3 Å². The van der Waals surface area contributed by atoms with Crippen molar-refractivity contribution < 1.29 is 9.90 Å². The third-order valence-corrected chi connectivity index (χ3v) is 4.37. The second-order valence-electron chi connectivity index (χ2n) is 5.76. The zero-order valence-corrected chi connectivity index (χ0v) is 13.8. The molecule has 0 fully saturated rings. The van der Waals surface area contributed by atoms with Crippen molar-refractivity contribution in [1.82, 2.24) is 9.69 Å². The number of nitrogens with zero attached hydrogens (tertiary/aromatic N) is 1. The first-order valence-electron chi connectivity index (χ1n) is 7.18. The Labute approximate surface area is 134 Å². The maximum absolute atomic E-state index is 11.9. The molecule has 0 radical (unpaired) electrons. The van der Waals surface area contributed by atoms with Gasteiger partial charge >= 0.3 is 6.03 Å². The summed E-state index contributed by atoms with van der Waals surface area (Å²) in [6, 6.07) is 11.3. The lowest BCUT2D eigenvalue weighted by atomic mass is 9.93. The Morgan fingerprint density at radius 3 is 2.68 bits per heavy atom. The highest BCUT2D eigenvalue weighted by Crippen LogP contribution is 2.25. The van der Waals surface area contributed by atoms with Crippen molar-refractivity contribution >= 4 is 22.6 Å². The van der Waals surface area contributed by atoms with Crippen LogP contribution >= 0.6 is 11.5 Å². The number of aliphatic hydroxyl groups is 1. The Kier molecular flexibility index (Phi) is 5.15. The van der Waals surface area contributed by atoms with Crippen molar-refractivity contribution in [1.29, 1.82) is 0 Å². The lowest BCUT2D eigenvalue weighted by molar-refractivity contribution is 0.0170. The first-order valence-corrected chi connectivity index (χ1v) is 7.95. The van der Waals surface area contributed by atoms with Crippen molar-refractivity contribution in [2.75, 3.05) is 11.9 Å². The highest BCUT2D eigenvalue weighted by Gasteiger charge is 2.25. The standard InChI is InChI=1S/C16H21N3O2S/c1-11(2)16(3,21)10-17-15(20)18-14-9-13(19-22-14)12-7-5-4-6-8-12/h4-9,11,21H,10H2,1-3H3,(H2,17,18,20).